The summed E-state index contributed by atoms with van der Waals surface area (Å²) in [5.74, 6) is 0.944. The summed E-state index contributed by atoms with van der Waals surface area (Å²) in [6.07, 6.45) is 1.10. The van der Waals surface area contributed by atoms with Crippen LogP contribution in [0.5, 0.6) is 5.75 Å². The van der Waals surface area contributed by atoms with Gasteiger partial charge in [0.05, 0.1) is 0 Å². The Hall–Kier alpha value is -0.800. The molecular weight excluding hydrogens is 308 g/mol. The van der Waals surface area contributed by atoms with E-state index in [2.05, 4.69) is 61.0 Å². The lowest BCUT2D eigenvalue weighted by molar-refractivity contribution is 0.309. The highest BCUT2D eigenvalue weighted by Gasteiger charge is 2.04. The van der Waals surface area contributed by atoms with Gasteiger partial charge in [-0.05, 0) is 55.7 Å². The Morgan fingerprint density at radius 1 is 1.11 bits per heavy atom. The van der Waals surface area contributed by atoms with Crippen LogP contribution in [0.2, 0.25) is 0 Å². The maximum atomic E-state index is 5.86. The lowest BCUT2D eigenvalue weighted by atomic mass is 10.1. The Bertz CT molecular complexity index is 522. The minimum absolute atomic E-state index is 0.658. The van der Waals surface area contributed by atoms with Crippen molar-refractivity contribution in [3.63, 3.8) is 0 Å². The monoisotopic (exact) mass is 324 g/mol. The molecule has 1 nitrogen and oxygen atoms in total. The van der Waals surface area contributed by atoms with Gasteiger partial charge in [-0.3, -0.25) is 0 Å². The molecule has 96 valence electrons. The van der Waals surface area contributed by atoms with E-state index in [1.165, 1.54) is 25.4 Å². The molecule has 0 aliphatic heterocycles. The number of hydrogen-bond acceptors (Lipinski definition) is 2. The molecule has 0 amide bonds. The smallest absolute Gasteiger partial charge is 0.122 e. The molecular formula is C15H17BrOS. The van der Waals surface area contributed by atoms with Crippen LogP contribution >= 0.6 is 27.3 Å². The minimum atomic E-state index is 0.658. The molecule has 1 aromatic carbocycles. The third-order valence-electron chi connectivity index (χ3n) is 2.86. The molecule has 0 atom stereocenters. The van der Waals surface area contributed by atoms with Crippen molar-refractivity contribution in [1.82, 2.24) is 0 Å². The molecule has 0 saturated heterocycles. The molecule has 0 saturated carbocycles. The largest absolute Gasteiger partial charge is 0.488 e. The van der Waals surface area contributed by atoms with Crippen LogP contribution in [0.4, 0.5) is 0 Å². The molecule has 1 heterocycles. The number of aryl methyl sites for hydroxylation is 3. The van der Waals surface area contributed by atoms with Gasteiger partial charge >= 0.3 is 0 Å². The highest BCUT2D eigenvalue weighted by Crippen LogP contribution is 2.27. The Labute approximate surface area is 121 Å². The standard InChI is InChI=1S/C15H17BrOS/c1-4-13-5-6-14(18-13)9-17-12-7-10(2)15(16)11(3)8-12/h5-8H,4,9H2,1-3H3. The number of thiophene rings is 1. The van der Waals surface area contributed by atoms with E-state index in [-0.39, 0.29) is 0 Å². The van der Waals surface area contributed by atoms with Crippen LogP contribution in [0.1, 0.15) is 27.8 Å². The summed E-state index contributed by atoms with van der Waals surface area (Å²) < 4.78 is 7.02. The number of benzene rings is 1. The minimum Gasteiger partial charge on any atom is -0.488 e. The van der Waals surface area contributed by atoms with Gasteiger partial charge in [-0.1, -0.05) is 22.9 Å². The summed E-state index contributed by atoms with van der Waals surface area (Å²) >= 11 is 5.40. The molecule has 0 radical (unpaired) electrons. The molecule has 0 N–H and O–H groups in total. The van der Waals surface area contributed by atoms with E-state index in [1.54, 1.807) is 0 Å². The predicted molar refractivity (Wildman–Crippen MR) is 81.6 cm³/mol. The second kappa shape index (κ2) is 5.89. The first kappa shape index (κ1) is 13.6. The van der Waals surface area contributed by atoms with Crippen molar-refractivity contribution in [2.45, 2.75) is 33.8 Å². The van der Waals surface area contributed by atoms with E-state index in [4.69, 9.17) is 4.74 Å². The van der Waals surface area contributed by atoms with Gasteiger partial charge in [-0.2, -0.15) is 0 Å². The fraction of sp³-hybridized carbons (Fsp3) is 0.333. The van der Waals surface area contributed by atoms with Gasteiger partial charge in [0.1, 0.15) is 12.4 Å². The number of halogens is 1. The van der Waals surface area contributed by atoms with Crippen molar-refractivity contribution in [3.8, 4) is 5.75 Å². The number of ether oxygens (including phenoxy) is 1. The van der Waals surface area contributed by atoms with Crippen molar-refractivity contribution in [2.24, 2.45) is 0 Å². The number of hydrogen-bond donors (Lipinski definition) is 0. The average molecular weight is 325 g/mol. The second-order valence-electron chi connectivity index (χ2n) is 4.38. The van der Waals surface area contributed by atoms with Gasteiger partial charge in [0.2, 0.25) is 0 Å². The predicted octanol–water partition coefficient (Wildman–Crippen LogP) is 5.27. The van der Waals surface area contributed by atoms with Gasteiger partial charge in [0.25, 0.3) is 0 Å². The maximum Gasteiger partial charge on any atom is 0.122 e. The molecule has 2 aromatic rings. The first-order chi connectivity index (χ1) is 8.60. The molecule has 0 spiro atoms. The molecule has 0 fully saturated rings. The molecule has 3 heteroatoms. The van der Waals surface area contributed by atoms with Crippen molar-refractivity contribution >= 4 is 27.3 Å². The van der Waals surface area contributed by atoms with E-state index in [9.17, 15) is 0 Å². The van der Waals surface area contributed by atoms with Crippen LogP contribution in [0.25, 0.3) is 0 Å². The Kier molecular flexibility index (Phi) is 4.46. The zero-order valence-corrected chi connectivity index (χ0v) is 13.3. The summed E-state index contributed by atoms with van der Waals surface area (Å²) in [5, 5.41) is 0. The summed E-state index contributed by atoms with van der Waals surface area (Å²) in [6.45, 7) is 7.01. The highest BCUT2D eigenvalue weighted by molar-refractivity contribution is 9.10. The van der Waals surface area contributed by atoms with Gasteiger partial charge in [0, 0.05) is 14.2 Å². The van der Waals surface area contributed by atoms with E-state index in [0.29, 0.717) is 6.61 Å². The quantitative estimate of drug-likeness (QED) is 0.744. The molecule has 0 bridgehead atoms. The first-order valence-corrected chi connectivity index (χ1v) is 7.68. The lowest BCUT2D eigenvalue weighted by Gasteiger charge is -2.09. The number of rotatable bonds is 4. The average Bonchev–Trinajstić information content (AvgIpc) is 2.81. The molecule has 18 heavy (non-hydrogen) atoms. The zero-order valence-electron chi connectivity index (χ0n) is 10.9. The van der Waals surface area contributed by atoms with Crippen LogP contribution in [0.3, 0.4) is 0 Å². The highest BCUT2D eigenvalue weighted by atomic mass is 79.9. The Balaban J connectivity index is 2.06. The summed E-state index contributed by atoms with van der Waals surface area (Å²) in [7, 11) is 0. The molecule has 1 aromatic heterocycles. The van der Waals surface area contributed by atoms with Gasteiger partial charge in [-0.25, -0.2) is 0 Å². The fourth-order valence-corrected chi connectivity index (χ4v) is 2.93. The van der Waals surface area contributed by atoms with Gasteiger partial charge in [0.15, 0.2) is 0 Å². The van der Waals surface area contributed by atoms with Gasteiger partial charge < -0.3 is 4.74 Å². The lowest BCUT2D eigenvalue weighted by Crippen LogP contribution is -1.94. The zero-order chi connectivity index (χ0) is 13.1. The van der Waals surface area contributed by atoms with Crippen molar-refractivity contribution in [2.75, 3.05) is 0 Å². The van der Waals surface area contributed by atoms with E-state index >= 15 is 0 Å². The summed E-state index contributed by atoms with van der Waals surface area (Å²) in [5.41, 5.74) is 2.43. The van der Waals surface area contributed by atoms with Crippen molar-refractivity contribution in [3.05, 3.63) is 49.6 Å². The molecule has 0 aliphatic carbocycles. The molecule has 2 rings (SSSR count). The first-order valence-electron chi connectivity index (χ1n) is 6.07. The van der Waals surface area contributed by atoms with E-state index < -0.39 is 0 Å². The van der Waals surface area contributed by atoms with Crippen LogP contribution < -0.4 is 4.74 Å². The Morgan fingerprint density at radius 2 is 1.72 bits per heavy atom. The third-order valence-corrected chi connectivity index (χ3v) is 5.31. The maximum absolute atomic E-state index is 5.86. The SMILES string of the molecule is CCc1ccc(COc2cc(C)c(Br)c(C)c2)s1. The normalized spacial score (nSPS) is 10.7. The van der Waals surface area contributed by atoms with Crippen molar-refractivity contribution < 1.29 is 4.74 Å². The van der Waals surface area contributed by atoms with Crippen LogP contribution in [-0.4, -0.2) is 0 Å². The van der Waals surface area contributed by atoms with Crippen molar-refractivity contribution in [1.29, 1.82) is 0 Å². The fourth-order valence-electron chi connectivity index (χ4n) is 1.83. The summed E-state index contributed by atoms with van der Waals surface area (Å²) in [6, 6.07) is 8.49. The van der Waals surface area contributed by atoms with E-state index in [1.807, 2.05) is 11.3 Å². The summed E-state index contributed by atoms with van der Waals surface area (Å²) in [4.78, 5) is 2.70. The third kappa shape index (κ3) is 3.15. The molecule has 0 unspecified atom stereocenters. The van der Waals surface area contributed by atoms with Crippen LogP contribution in [0.15, 0.2) is 28.7 Å². The topological polar surface area (TPSA) is 9.23 Å². The van der Waals surface area contributed by atoms with E-state index in [0.717, 1.165) is 12.2 Å². The van der Waals surface area contributed by atoms with Crippen LogP contribution in [-0.2, 0) is 13.0 Å². The molecule has 0 aliphatic rings. The second-order valence-corrected chi connectivity index (χ2v) is 6.43. The Morgan fingerprint density at radius 3 is 2.28 bits per heavy atom. The van der Waals surface area contributed by atoms with Gasteiger partial charge in [-0.15, -0.1) is 11.3 Å². The van der Waals surface area contributed by atoms with Crippen LogP contribution in [0, 0.1) is 13.8 Å².